The summed E-state index contributed by atoms with van der Waals surface area (Å²) in [6.07, 6.45) is 1.96. The van der Waals surface area contributed by atoms with Crippen LogP contribution >= 0.6 is 0 Å². The van der Waals surface area contributed by atoms with E-state index in [1.54, 1.807) is 14.2 Å². The molecule has 0 bridgehead atoms. The van der Waals surface area contributed by atoms with Crippen LogP contribution < -0.4 is 15.2 Å². The van der Waals surface area contributed by atoms with E-state index in [4.69, 9.17) is 19.9 Å². The first-order valence-electron chi connectivity index (χ1n) is 8.93. The largest absolute Gasteiger partial charge is 0.468 e. The molecule has 0 amide bonds. The van der Waals surface area contributed by atoms with Crippen LogP contribution in [0.1, 0.15) is 30.9 Å². The third kappa shape index (κ3) is 4.28. The Bertz CT molecular complexity index is 892. The molecule has 1 aromatic carbocycles. The van der Waals surface area contributed by atoms with E-state index in [-0.39, 0.29) is 11.8 Å². The number of rotatable bonds is 9. The molecular formula is C19H25N5O3. The van der Waals surface area contributed by atoms with Gasteiger partial charge in [0, 0.05) is 7.11 Å². The summed E-state index contributed by atoms with van der Waals surface area (Å²) in [5, 5.41) is 0. The molecule has 0 saturated heterocycles. The lowest BCUT2D eigenvalue weighted by molar-refractivity contribution is 0.185. The minimum Gasteiger partial charge on any atom is -0.468 e. The van der Waals surface area contributed by atoms with Crippen LogP contribution in [0.3, 0.4) is 0 Å². The van der Waals surface area contributed by atoms with Crippen LogP contribution in [-0.2, 0) is 17.9 Å². The molecule has 0 radical (unpaired) electrons. The van der Waals surface area contributed by atoms with E-state index in [1.165, 1.54) is 0 Å². The number of nitrogens with two attached hydrogens (primary N) is 1. The number of nitrogen functional groups attached to an aromatic ring is 1. The molecule has 0 atom stereocenters. The molecule has 144 valence electrons. The molecule has 8 heteroatoms. The number of unbranched alkanes of at least 4 members (excludes halogenated alkanes) is 1. The highest BCUT2D eigenvalue weighted by Gasteiger charge is 2.18. The van der Waals surface area contributed by atoms with Gasteiger partial charge in [-0.1, -0.05) is 37.6 Å². The van der Waals surface area contributed by atoms with E-state index >= 15 is 0 Å². The second-order valence-corrected chi connectivity index (χ2v) is 6.20. The molecule has 0 aliphatic carbocycles. The van der Waals surface area contributed by atoms with Crippen molar-refractivity contribution in [2.45, 2.75) is 32.9 Å². The zero-order chi connectivity index (χ0) is 19.2. The zero-order valence-corrected chi connectivity index (χ0v) is 15.9. The summed E-state index contributed by atoms with van der Waals surface area (Å²) in [6.45, 7) is 3.77. The number of hydrogen-bond acceptors (Lipinski definition) is 7. The molecule has 3 aromatic rings. The van der Waals surface area contributed by atoms with Gasteiger partial charge in [-0.05, 0) is 17.5 Å². The van der Waals surface area contributed by atoms with Gasteiger partial charge in [0.1, 0.15) is 0 Å². The smallest absolute Gasteiger partial charge is 0.320 e. The minimum absolute atomic E-state index is 0.257. The van der Waals surface area contributed by atoms with Crippen molar-refractivity contribution in [3.05, 3.63) is 35.4 Å². The molecule has 2 heterocycles. The van der Waals surface area contributed by atoms with Crippen LogP contribution in [0.15, 0.2) is 24.3 Å². The van der Waals surface area contributed by atoms with E-state index in [0.29, 0.717) is 36.9 Å². The van der Waals surface area contributed by atoms with E-state index in [0.717, 1.165) is 24.0 Å². The van der Waals surface area contributed by atoms with Crippen molar-refractivity contribution in [1.29, 1.82) is 0 Å². The Morgan fingerprint density at radius 3 is 2.44 bits per heavy atom. The standard InChI is InChI=1S/C19H25N5O3/c1-4-5-10-27-18-22-16(20)15-17(23-18)24(19(21-15)26-3)11-13-6-8-14(9-7-13)12-25-2/h6-9H,4-5,10-12H2,1-3H3,(H2,20,22,23). The Morgan fingerprint density at radius 2 is 1.78 bits per heavy atom. The molecule has 3 rings (SSSR count). The van der Waals surface area contributed by atoms with Crippen LogP contribution in [0.5, 0.6) is 12.0 Å². The second kappa shape index (κ2) is 8.68. The van der Waals surface area contributed by atoms with Crippen LogP contribution in [-0.4, -0.2) is 40.3 Å². The Labute approximate surface area is 158 Å². The number of imidazole rings is 1. The molecule has 2 N–H and O–H groups in total. The SMILES string of the molecule is CCCCOc1nc(N)c2nc(OC)n(Cc3ccc(COC)cc3)c2n1. The highest BCUT2D eigenvalue weighted by atomic mass is 16.5. The number of aromatic nitrogens is 4. The first-order chi connectivity index (χ1) is 13.2. The zero-order valence-electron chi connectivity index (χ0n) is 15.9. The monoisotopic (exact) mass is 371 g/mol. The molecule has 0 spiro atoms. The average Bonchev–Trinajstić information content (AvgIpc) is 3.02. The normalized spacial score (nSPS) is 11.1. The molecule has 0 aliphatic heterocycles. The fourth-order valence-corrected chi connectivity index (χ4v) is 2.74. The molecular weight excluding hydrogens is 346 g/mol. The van der Waals surface area contributed by atoms with Crippen LogP contribution in [0.4, 0.5) is 5.82 Å². The van der Waals surface area contributed by atoms with Crippen molar-refractivity contribution in [2.75, 3.05) is 26.6 Å². The topological polar surface area (TPSA) is 97.3 Å². The van der Waals surface area contributed by atoms with Crippen LogP contribution in [0, 0.1) is 0 Å². The van der Waals surface area contributed by atoms with Gasteiger partial charge in [0.05, 0.1) is 26.9 Å². The van der Waals surface area contributed by atoms with Crippen LogP contribution in [0.2, 0.25) is 0 Å². The summed E-state index contributed by atoms with van der Waals surface area (Å²) in [5.41, 5.74) is 9.36. The predicted molar refractivity (Wildman–Crippen MR) is 103 cm³/mol. The Balaban J connectivity index is 1.94. The van der Waals surface area contributed by atoms with Crippen LogP contribution in [0.25, 0.3) is 11.2 Å². The van der Waals surface area contributed by atoms with E-state index < -0.39 is 0 Å². The molecule has 2 aromatic heterocycles. The van der Waals surface area contributed by atoms with Gasteiger partial charge in [-0.25, -0.2) is 0 Å². The van der Waals surface area contributed by atoms with Gasteiger partial charge < -0.3 is 19.9 Å². The van der Waals surface area contributed by atoms with Crippen molar-refractivity contribution >= 4 is 17.0 Å². The van der Waals surface area contributed by atoms with E-state index in [9.17, 15) is 0 Å². The van der Waals surface area contributed by atoms with Gasteiger partial charge in [-0.15, -0.1) is 0 Å². The molecule has 8 nitrogen and oxygen atoms in total. The summed E-state index contributed by atoms with van der Waals surface area (Å²) >= 11 is 0. The number of methoxy groups -OCH3 is 2. The van der Waals surface area contributed by atoms with Gasteiger partial charge >= 0.3 is 6.01 Å². The highest BCUT2D eigenvalue weighted by Crippen LogP contribution is 2.26. The number of ether oxygens (including phenoxy) is 3. The first-order valence-corrected chi connectivity index (χ1v) is 8.93. The average molecular weight is 371 g/mol. The predicted octanol–water partition coefficient (Wildman–Crippen LogP) is 2.79. The van der Waals surface area contributed by atoms with Crippen molar-refractivity contribution in [3.8, 4) is 12.0 Å². The lowest BCUT2D eigenvalue weighted by Gasteiger charge is -2.09. The summed E-state index contributed by atoms with van der Waals surface area (Å²) in [4.78, 5) is 13.1. The third-order valence-electron chi connectivity index (χ3n) is 4.15. The quantitative estimate of drug-likeness (QED) is 0.578. The van der Waals surface area contributed by atoms with Gasteiger partial charge in [0.25, 0.3) is 6.01 Å². The van der Waals surface area contributed by atoms with Crippen molar-refractivity contribution in [3.63, 3.8) is 0 Å². The molecule has 0 fully saturated rings. The Kier molecular flexibility index (Phi) is 6.08. The number of benzene rings is 1. The summed E-state index contributed by atoms with van der Waals surface area (Å²) in [5.74, 6) is 0.277. The van der Waals surface area contributed by atoms with Gasteiger partial charge in [0.2, 0.25) is 0 Å². The molecule has 0 aliphatic rings. The summed E-state index contributed by atoms with van der Waals surface area (Å²) in [7, 11) is 3.25. The molecule has 27 heavy (non-hydrogen) atoms. The lowest BCUT2D eigenvalue weighted by Crippen LogP contribution is -2.07. The van der Waals surface area contributed by atoms with E-state index in [2.05, 4.69) is 21.9 Å². The summed E-state index contributed by atoms with van der Waals surface area (Å²) < 4.78 is 18.1. The number of fused-ring (bicyclic) bond motifs is 1. The molecule has 0 unspecified atom stereocenters. The van der Waals surface area contributed by atoms with Crippen molar-refractivity contribution < 1.29 is 14.2 Å². The maximum absolute atomic E-state index is 6.07. The van der Waals surface area contributed by atoms with Gasteiger partial charge in [-0.3, -0.25) is 4.57 Å². The second-order valence-electron chi connectivity index (χ2n) is 6.20. The number of nitrogens with zero attached hydrogens (tertiary/aromatic N) is 4. The highest BCUT2D eigenvalue weighted by molar-refractivity contribution is 5.83. The van der Waals surface area contributed by atoms with Crippen molar-refractivity contribution in [2.24, 2.45) is 0 Å². The third-order valence-corrected chi connectivity index (χ3v) is 4.15. The van der Waals surface area contributed by atoms with Gasteiger partial charge in [0.15, 0.2) is 17.0 Å². The Morgan fingerprint density at radius 1 is 1.04 bits per heavy atom. The molecule has 0 saturated carbocycles. The fourth-order valence-electron chi connectivity index (χ4n) is 2.74. The fraction of sp³-hybridized carbons (Fsp3) is 0.421. The number of hydrogen-bond donors (Lipinski definition) is 1. The maximum atomic E-state index is 6.07. The maximum Gasteiger partial charge on any atom is 0.320 e. The number of anilines is 1. The Hall–Kier alpha value is -2.87. The van der Waals surface area contributed by atoms with Crippen molar-refractivity contribution in [1.82, 2.24) is 19.5 Å². The minimum atomic E-state index is 0.257. The lowest BCUT2D eigenvalue weighted by atomic mass is 10.1. The van der Waals surface area contributed by atoms with E-state index in [1.807, 2.05) is 28.8 Å². The first kappa shape index (κ1) is 18.9. The van der Waals surface area contributed by atoms with Gasteiger partial charge in [-0.2, -0.15) is 15.0 Å². The summed E-state index contributed by atoms with van der Waals surface area (Å²) in [6, 6.07) is 8.84.